The van der Waals surface area contributed by atoms with Gasteiger partial charge in [-0.3, -0.25) is 9.69 Å². The average Bonchev–Trinajstić information content (AvgIpc) is 3.48. The van der Waals surface area contributed by atoms with E-state index in [1.807, 2.05) is 36.3 Å². The van der Waals surface area contributed by atoms with Gasteiger partial charge in [-0.05, 0) is 44.0 Å². The first-order valence-corrected chi connectivity index (χ1v) is 12.9. The lowest BCUT2D eigenvalue weighted by Crippen LogP contribution is -2.48. The number of rotatable bonds is 7. The van der Waals surface area contributed by atoms with Crippen LogP contribution in [-0.4, -0.2) is 52.8 Å². The summed E-state index contributed by atoms with van der Waals surface area (Å²) in [5.74, 6) is 1.55. The number of carbonyl (C=O) groups excluding carboxylic acids is 1. The van der Waals surface area contributed by atoms with Crippen molar-refractivity contribution in [1.82, 2.24) is 14.8 Å². The number of ether oxygens (including phenoxy) is 3. The zero-order valence-electron chi connectivity index (χ0n) is 20.4. The number of thiazole rings is 1. The Bertz CT molecular complexity index is 1170. The fourth-order valence-electron chi connectivity index (χ4n) is 4.60. The number of aromatic nitrogens is 1. The maximum Gasteiger partial charge on any atom is 0.273 e. The molecule has 0 bridgehead atoms. The smallest absolute Gasteiger partial charge is 0.273 e. The van der Waals surface area contributed by atoms with E-state index in [1.54, 1.807) is 0 Å². The van der Waals surface area contributed by atoms with E-state index in [1.165, 1.54) is 22.5 Å². The van der Waals surface area contributed by atoms with E-state index in [2.05, 4.69) is 42.2 Å². The minimum absolute atomic E-state index is 0.0182. The zero-order valence-corrected chi connectivity index (χ0v) is 21.2. The number of hydrogen-bond acceptors (Lipinski definition) is 7. The second kappa shape index (κ2) is 10.4. The third kappa shape index (κ3) is 5.83. The third-order valence-electron chi connectivity index (χ3n) is 6.21. The first-order valence-electron chi connectivity index (χ1n) is 12.0. The molecular weight excluding hydrogens is 462 g/mol. The summed E-state index contributed by atoms with van der Waals surface area (Å²) in [7, 11) is 0. The van der Waals surface area contributed by atoms with Gasteiger partial charge < -0.3 is 19.1 Å². The SMILES string of the molecule is Cc1ccc(CN(Cc2ccc3c(c2)OCO3)Cc2nc(C(=O)N3CC(C)OC(C)C3)cs2)cc1. The number of fused-ring (bicyclic) bond motifs is 1. The minimum Gasteiger partial charge on any atom is -0.454 e. The van der Waals surface area contributed by atoms with E-state index < -0.39 is 0 Å². The van der Waals surface area contributed by atoms with Crippen LogP contribution in [0.4, 0.5) is 0 Å². The monoisotopic (exact) mass is 493 g/mol. The fourth-order valence-corrected chi connectivity index (χ4v) is 5.40. The molecule has 0 saturated carbocycles. The first kappa shape index (κ1) is 23.8. The van der Waals surface area contributed by atoms with Gasteiger partial charge in [0.05, 0.1) is 18.8 Å². The number of nitrogens with zero attached hydrogens (tertiary/aromatic N) is 3. The lowest BCUT2D eigenvalue weighted by Gasteiger charge is -2.34. The summed E-state index contributed by atoms with van der Waals surface area (Å²) in [6, 6.07) is 14.7. The van der Waals surface area contributed by atoms with E-state index in [9.17, 15) is 4.79 Å². The van der Waals surface area contributed by atoms with Crippen LogP contribution in [0.2, 0.25) is 0 Å². The lowest BCUT2D eigenvalue weighted by atomic mass is 10.1. The van der Waals surface area contributed by atoms with Gasteiger partial charge in [-0.25, -0.2) is 4.98 Å². The molecule has 0 N–H and O–H groups in total. The summed E-state index contributed by atoms with van der Waals surface area (Å²) in [6.45, 7) is 9.71. The van der Waals surface area contributed by atoms with Crippen molar-refractivity contribution in [3.05, 3.63) is 75.2 Å². The Hall–Kier alpha value is -2.94. The fraction of sp³-hybridized carbons (Fsp3) is 0.407. The molecule has 1 fully saturated rings. The van der Waals surface area contributed by atoms with Gasteiger partial charge in [0.25, 0.3) is 5.91 Å². The molecule has 1 aromatic heterocycles. The Balaban J connectivity index is 1.32. The highest BCUT2D eigenvalue weighted by atomic mass is 32.1. The van der Waals surface area contributed by atoms with Crippen molar-refractivity contribution in [1.29, 1.82) is 0 Å². The van der Waals surface area contributed by atoms with Crippen LogP contribution in [0.1, 0.15) is 46.0 Å². The van der Waals surface area contributed by atoms with Gasteiger partial charge in [0.2, 0.25) is 6.79 Å². The Kier molecular flexibility index (Phi) is 7.04. The third-order valence-corrected chi connectivity index (χ3v) is 7.04. The van der Waals surface area contributed by atoms with Crippen molar-refractivity contribution in [2.24, 2.45) is 0 Å². The van der Waals surface area contributed by atoms with Crippen molar-refractivity contribution >= 4 is 17.2 Å². The molecular formula is C27H31N3O4S. The first-order chi connectivity index (χ1) is 16.9. The van der Waals surface area contributed by atoms with E-state index in [0.717, 1.165) is 35.2 Å². The summed E-state index contributed by atoms with van der Waals surface area (Å²) >= 11 is 1.54. The molecule has 2 aliphatic heterocycles. The molecule has 2 aliphatic rings. The molecule has 3 aromatic rings. The Morgan fingerprint density at radius 1 is 1.00 bits per heavy atom. The zero-order chi connectivity index (χ0) is 24.4. The van der Waals surface area contributed by atoms with Crippen molar-refractivity contribution in [3.63, 3.8) is 0 Å². The molecule has 0 aliphatic carbocycles. The second-order valence-corrected chi connectivity index (χ2v) is 10.4. The predicted octanol–water partition coefficient (Wildman–Crippen LogP) is 4.63. The summed E-state index contributed by atoms with van der Waals surface area (Å²) in [5, 5.41) is 2.81. The standard InChI is InChI=1S/C27H31N3O4S/c1-18-4-6-21(7-5-18)13-29(14-22-8-9-24-25(10-22)33-17-32-24)15-26-28-23(16-35-26)27(31)30-11-19(2)34-20(3)12-30/h4-10,16,19-20H,11-15,17H2,1-3H3. The van der Waals surface area contributed by atoms with Crippen LogP contribution in [0.15, 0.2) is 47.8 Å². The van der Waals surface area contributed by atoms with E-state index in [-0.39, 0.29) is 24.9 Å². The highest BCUT2D eigenvalue weighted by Gasteiger charge is 2.28. The molecule has 1 saturated heterocycles. The van der Waals surface area contributed by atoms with E-state index in [4.69, 9.17) is 19.2 Å². The number of aryl methyl sites for hydroxylation is 1. The van der Waals surface area contributed by atoms with Crippen LogP contribution in [0.3, 0.4) is 0 Å². The summed E-state index contributed by atoms with van der Waals surface area (Å²) in [5.41, 5.74) is 4.14. The van der Waals surface area contributed by atoms with Crippen molar-refractivity contribution in [2.45, 2.75) is 52.6 Å². The summed E-state index contributed by atoms with van der Waals surface area (Å²) in [4.78, 5) is 22.0. The van der Waals surface area contributed by atoms with Gasteiger partial charge >= 0.3 is 0 Å². The molecule has 2 unspecified atom stereocenters. The summed E-state index contributed by atoms with van der Waals surface area (Å²) in [6.07, 6.45) is 0.0695. The molecule has 35 heavy (non-hydrogen) atoms. The average molecular weight is 494 g/mol. The van der Waals surface area contributed by atoms with Gasteiger partial charge in [-0.15, -0.1) is 11.3 Å². The molecule has 7 nitrogen and oxygen atoms in total. The Labute approximate surface area is 210 Å². The highest BCUT2D eigenvalue weighted by Crippen LogP contribution is 2.33. The van der Waals surface area contributed by atoms with Crippen LogP contribution in [-0.2, 0) is 24.4 Å². The van der Waals surface area contributed by atoms with Crippen LogP contribution >= 0.6 is 11.3 Å². The maximum absolute atomic E-state index is 13.1. The van der Waals surface area contributed by atoms with Crippen molar-refractivity contribution in [3.8, 4) is 11.5 Å². The van der Waals surface area contributed by atoms with Gasteiger partial charge in [-0.1, -0.05) is 35.9 Å². The normalized spacial score (nSPS) is 19.4. The topological polar surface area (TPSA) is 64.1 Å². The molecule has 0 spiro atoms. The van der Waals surface area contributed by atoms with Crippen LogP contribution < -0.4 is 9.47 Å². The number of carbonyl (C=O) groups is 1. The molecule has 3 heterocycles. The van der Waals surface area contributed by atoms with Crippen LogP contribution in [0.5, 0.6) is 11.5 Å². The van der Waals surface area contributed by atoms with Crippen LogP contribution in [0.25, 0.3) is 0 Å². The number of hydrogen-bond donors (Lipinski definition) is 0. The Morgan fingerprint density at radius 3 is 2.46 bits per heavy atom. The van der Waals surface area contributed by atoms with Gasteiger partial charge in [0, 0.05) is 31.6 Å². The summed E-state index contributed by atoms with van der Waals surface area (Å²) < 4.78 is 16.8. The predicted molar refractivity (Wildman–Crippen MR) is 135 cm³/mol. The molecule has 0 radical (unpaired) electrons. The van der Waals surface area contributed by atoms with Crippen molar-refractivity contribution in [2.75, 3.05) is 19.9 Å². The Morgan fingerprint density at radius 2 is 1.69 bits per heavy atom. The number of morpholine rings is 1. The maximum atomic E-state index is 13.1. The quantitative estimate of drug-likeness (QED) is 0.478. The minimum atomic E-state index is -0.0182. The molecule has 2 aromatic carbocycles. The number of benzene rings is 2. The van der Waals surface area contributed by atoms with Gasteiger partial charge in [-0.2, -0.15) is 0 Å². The molecule has 5 rings (SSSR count). The lowest BCUT2D eigenvalue weighted by molar-refractivity contribution is -0.0587. The largest absolute Gasteiger partial charge is 0.454 e. The molecule has 8 heteroatoms. The van der Waals surface area contributed by atoms with Gasteiger partial charge in [0.1, 0.15) is 10.7 Å². The second-order valence-electron chi connectivity index (χ2n) is 9.41. The molecule has 2 atom stereocenters. The van der Waals surface area contributed by atoms with E-state index >= 15 is 0 Å². The van der Waals surface area contributed by atoms with Crippen LogP contribution in [0, 0.1) is 6.92 Å². The van der Waals surface area contributed by atoms with Crippen molar-refractivity contribution < 1.29 is 19.0 Å². The number of amides is 1. The van der Waals surface area contributed by atoms with Gasteiger partial charge in [0.15, 0.2) is 11.5 Å². The molecule has 1 amide bonds. The molecule has 184 valence electrons. The van der Waals surface area contributed by atoms with E-state index in [0.29, 0.717) is 25.3 Å². The highest BCUT2D eigenvalue weighted by molar-refractivity contribution is 7.09.